The van der Waals surface area contributed by atoms with Gasteiger partial charge in [0.2, 0.25) is 0 Å². The molecule has 5 nitrogen and oxygen atoms in total. The highest BCUT2D eigenvalue weighted by atomic mass is 35.5. The Morgan fingerprint density at radius 2 is 1.89 bits per heavy atom. The summed E-state index contributed by atoms with van der Waals surface area (Å²) in [6.07, 6.45) is -3.10. The van der Waals surface area contributed by atoms with Gasteiger partial charge in [-0.2, -0.15) is 18.3 Å². The molecule has 2 aromatic heterocycles. The second-order valence-corrected chi connectivity index (χ2v) is 6.56. The number of alkyl halides is 3. The number of para-hydroxylation sites is 1. The van der Waals surface area contributed by atoms with Crippen molar-refractivity contribution in [1.29, 1.82) is 0 Å². The molecule has 0 fully saturated rings. The summed E-state index contributed by atoms with van der Waals surface area (Å²) in [5, 5.41) is 4.61. The smallest absolute Gasteiger partial charge is 0.310 e. The Morgan fingerprint density at radius 1 is 1.11 bits per heavy atom. The lowest BCUT2D eigenvalue weighted by Gasteiger charge is -2.13. The summed E-state index contributed by atoms with van der Waals surface area (Å²) in [6.45, 7) is 0. The van der Waals surface area contributed by atoms with Crippen LogP contribution in [0.2, 0.25) is 5.02 Å². The molecular formula is C19H12ClF3N4O. The molecule has 0 atom stereocenters. The van der Waals surface area contributed by atoms with Crippen molar-refractivity contribution in [2.45, 2.75) is 12.6 Å². The highest BCUT2D eigenvalue weighted by Gasteiger charge is 2.34. The third-order valence-electron chi connectivity index (χ3n) is 4.19. The number of aromatic nitrogens is 4. The van der Waals surface area contributed by atoms with Crippen molar-refractivity contribution in [2.75, 3.05) is 0 Å². The van der Waals surface area contributed by atoms with E-state index in [-0.39, 0.29) is 23.1 Å². The van der Waals surface area contributed by atoms with Gasteiger partial charge in [-0.15, -0.1) is 0 Å². The van der Waals surface area contributed by atoms with Gasteiger partial charge in [0.05, 0.1) is 17.4 Å². The van der Waals surface area contributed by atoms with Gasteiger partial charge in [0.15, 0.2) is 5.65 Å². The van der Waals surface area contributed by atoms with E-state index in [0.717, 1.165) is 16.3 Å². The molecule has 2 aromatic carbocycles. The molecule has 0 saturated heterocycles. The number of nitrogens with zero attached hydrogens (tertiary/aromatic N) is 3. The number of rotatable bonds is 3. The Labute approximate surface area is 161 Å². The topological polar surface area (TPSA) is 63.6 Å². The molecule has 2 heterocycles. The molecule has 1 N–H and O–H groups in total. The second kappa shape index (κ2) is 6.79. The molecule has 142 valence electrons. The number of halogens is 4. The van der Waals surface area contributed by atoms with Crippen molar-refractivity contribution >= 4 is 22.6 Å². The van der Waals surface area contributed by atoms with Crippen molar-refractivity contribution in [2.24, 2.45) is 0 Å². The molecule has 28 heavy (non-hydrogen) atoms. The standard InChI is InChI=1S/C19H12ClF3N4O/c20-12-5-3-4-11(8-12)9-16-25-17-13(18(28)26-16)10-24-27(17)15-7-2-1-6-14(15)19(21,22)23/h1-8,10H,9H2,(H,25,26,28). The van der Waals surface area contributed by atoms with Crippen LogP contribution < -0.4 is 5.56 Å². The molecule has 0 aliphatic carbocycles. The molecule has 9 heteroatoms. The average Bonchev–Trinajstić information content (AvgIpc) is 3.05. The summed E-state index contributed by atoms with van der Waals surface area (Å²) in [7, 11) is 0. The van der Waals surface area contributed by atoms with Crippen LogP contribution in [0.25, 0.3) is 16.7 Å². The summed E-state index contributed by atoms with van der Waals surface area (Å²) in [5.74, 6) is 0.297. The minimum Gasteiger partial charge on any atom is -0.310 e. The Balaban J connectivity index is 1.87. The monoisotopic (exact) mass is 404 g/mol. The zero-order chi connectivity index (χ0) is 19.9. The van der Waals surface area contributed by atoms with Crippen LogP contribution in [0.1, 0.15) is 17.0 Å². The fourth-order valence-electron chi connectivity index (χ4n) is 2.96. The van der Waals surface area contributed by atoms with Gasteiger partial charge in [-0.05, 0) is 29.8 Å². The van der Waals surface area contributed by atoms with Crippen molar-refractivity contribution in [3.05, 3.63) is 87.1 Å². The van der Waals surface area contributed by atoms with Crippen LogP contribution in [-0.4, -0.2) is 19.7 Å². The van der Waals surface area contributed by atoms with Gasteiger partial charge >= 0.3 is 6.18 Å². The number of hydrogen-bond acceptors (Lipinski definition) is 3. The summed E-state index contributed by atoms with van der Waals surface area (Å²) in [4.78, 5) is 19.4. The lowest BCUT2D eigenvalue weighted by molar-refractivity contribution is -0.137. The summed E-state index contributed by atoms with van der Waals surface area (Å²) in [5.41, 5.74) is -0.678. The first-order valence-electron chi connectivity index (χ1n) is 8.21. The first-order chi connectivity index (χ1) is 13.3. The van der Waals surface area contributed by atoms with Crippen LogP contribution in [-0.2, 0) is 12.6 Å². The molecular weight excluding hydrogens is 393 g/mol. The maximum atomic E-state index is 13.4. The minimum atomic E-state index is -4.57. The van der Waals surface area contributed by atoms with Gasteiger partial charge in [0, 0.05) is 11.4 Å². The molecule has 0 unspecified atom stereocenters. The number of H-pyrrole nitrogens is 1. The van der Waals surface area contributed by atoms with Gasteiger partial charge in [-0.3, -0.25) is 4.79 Å². The predicted molar refractivity (Wildman–Crippen MR) is 98.7 cm³/mol. The Bertz CT molecular complexity index is 1230. The summed E-state index contributed by atoms with van der Waals surface area (Å²) in [6, 6.07) is 12.0. The van der Waals surface area contributed by atoms with Crippen LogP contribution >= 0.6 is 11.6 Å². The van der Waals surface area contributed by atoms with E-state index in [1.165, 1.54) is 24.4 Å². The molecule has 0 aliphatic heterocycles. The van der Waals surface area contributed by atoms with E-state index in [1.54, 1.807) is 18.2 Å². The predicted octanol–water partition coefficient (Wildman–Crippen LogP) is 4.37. The lowest BCUT2D eigenvalue weighted by Crippen LogP contribution is -2.15. The van der Waals surface area contributed by atoms with E-state index in [0.29, 0.717) is 10.8 Å². The lowest BCUT2D eigenvalue weighted by atomic mass is 10.1. The Hall–Kier alpha value is -3.13. The molecule has 0 bridgehead atoms. The SMILES string of the molecule is O=c1[nH]c(Cc2cccc(Cl)c2)nc2c1cnn2-c1ccccc1C(F)(F)F. The van der Waals surface area contributed by atoms with E-state index >= 15 is 0 Å². The van der Waals surface area contributed by atoms with E-state index in [2.05, 4.69) is 15.1 Å². The Kier molecular flexibility index (Phi) is 4.43. The second-order valence-electron chi connectivity index (χ2n) is 6.13. The first-order valence-corrected chi connectivity index (χ1v) is 8.59. The van der Waals surface area contributed by atoms with Crippen molar-refractivity contribution in [3.8, 4) is 5.69 Å². The van der Waals surface area contributed by atoms with Crippen molar-refractivity contribution in [1.82, 2.24) is 19.7 Å². The normalized spacial score (nSPS) is 11.9. The van der Waals surface area contributed by atoms with Crippen LogP contribution in [0.15, 0.2) is 59.5 Å². The number of nitrogens with one attached hydrogen (secondary N) is 1. The molecule has 0 amide bonds. The van der Waals surface area contributed by atoms with Gasteiger partial charge in [-0.25, -0.2) is 9.67 Å². The zero-order valence-electron chi connectivity index (χ0n) is 14.2. The van der Waals surface area contributed by atoms with Crippen molar-refractivity contribution in [3.63, 3.8) is 0 Å². The van der Waals surface area contributed by atoms with Gasteiger partial charge < -0.3 is 4.98 Å². The van der Waals surface area contributed by atoms with Gasteiger partial charge in [-0.1, -0.05) is 35.9 Å². The maximum Gasteiger partial charge on any atom is 0.418 e. The molecule has 0 radical (unpaired) electrons. The highest BCUT2D eigenvalue weighted by molar-refractivity contribution is 6.30. The van der Waals surface area contributed by atoms with Crippen LogP contribution in [0.3, 0.4) is 0 Å². The van der Waals surface area contributed by atoms with Gasteiger partial charge in [0.25, 0.3) is 5.56 Å². The third-order valence-corrected chi connectivity index (χ3v) is 4.42. The quantitative estimate of drug-likeness (QED) is 0.551. The first kappa shape index (κ1) is 18.2. The van der Waals surface area contributed by atoms with E-state index in [4.69, 9.17) is 11.6 Å². The van der Waals surface area contributed by atoms with E-state index in [1.807, 2.05) is 6.07 Å². The number of hydrogen-bond donors (Lipinski definition) is 1. The summed E-state index contributed by atoms with van der Waals surface area (Å²) >= 11 is 5.97. The molecule has 4 rings (SSSR count). The fraction of sp³-hybridized carbons (Fsp3) is 0.105. The average molecular weight is 405 g/mol. The fourth-order valence-corrected chi connectivity index (χ4v) is 3.18. The highest BCUT2D eigenvalue weighted by Crippen LogP contribution is 2.34. The van der Waals surface area contributed by atoms with Crippen LogP contribution in [0.5, 0.6) is 0 Å². The van der Waals surface area contributed by atoms with Crippen molar-refractivity contribution < 1.29 is 13.2 Å². The van der Waals surface area contributed by atoms with E-state index in [9.17, 15) is 18.0 Å². The number of benzene rings is 2. The van der Waals surface area contributed by atoms with Crippen LogP contribution in [0.4, 0.5) is 13.2 Å². The van der Waals surface area contributed by atoms with Crippen LogP contribution in [0, 0.1) is 0 Å². The largest absolute Gasteiger partial charge is 0.418 e. The molecule has 0 spiro atoms. The zero-order valence-corrected chi connectivity index (χ0v) is 14.9. The summed E-state index contributed by atoms with van der Waals surface area (Å²) < 4.78 is 41.2. The van der Waals surface area contributed by atoms with Gasteiger partial charge in [0.1, 0.15) is 11.2 Å². The number of aromatic amines is 1. The number of fused-ring (bicyclic) bond motifs is 1. The maximum absolute atomic E-state index is 13.4. The molecule has 0 saturated carbocycles. The third kappa shape index (κ3) is 3.38. The molecule has 0 aliphatic rings. The Morgan fingerprint density at radius 3 is 2.64 bits per heavy atom. The molecule has 4 aromatic rings. The van der Waals surface area contributed by atoms with E-state index < -0.39 is 17.3 Å². The minimum absolute atomic E-state index is 0.0532.